The molecule has 0 aliphatic carbocycles. The number of nitrogens with zero attached hydrogens (tertiary/aromatic N) is 1. The molecule has 0 fully saturated rings. The topological polar surface area (TPSA) is 56.3 Å². The van der Waals surface area contributed by atoms with Gasteiger partial charge in [-0.25, -0.2) is 9.78 Å². The van der Waals surface area contributed by atoms with Crippen LogP contribution < -0.4 is 0 Å². The summed E-state index contributed by atoms with van der Waals surface area (Å²) in [5, 5.41) is 1.56. The number of fused-ring (bicyclic) bond motifs is 1. The monoisotopic (exact) mass is 435 g/mol. The van der Waals surface area contributed by atoms with E-state index < -0.39 is 5.97 Å². The number of ether oxygens (including phenoxy) is 1. The third-order valence-electron chi connectivity index (χ3n) is 4.56. The van der Waals surface area contributed by atoms with Gasteiger partial charge >= 0.3 is 5.97 Å². The minimum atomic E-state index is -0.621. The molecule has 0 aliphatic heterocycles. The Hall–Kier alpha value is -3.21. The van der Waals surface area contributed by atoms with E-state index in [-0.39, 0.29) is 12.4 Å². The minimum absolute atomic E-state index is 0.297. The summed E-state index contributed by atoms with van der Waals surface area (Å²) in [7, 11) is 0. The molecule has 0 saturated heterocycles. The number of esters is 1. The molecule has 4 aromatic rings. The first-order valence-corrected chi connectivity index (χ1v) is 9.88. The number of pyridine rings is 1. The van der Waals surface area contributed by atoms with Gasteiger partial charge in [-0.1, -0.05) is 53.5 Å². The van der Waals surface area contributed by atoms with Gasteiger partial charge in [0.25, 0.3) is 0 Å². The van der Waals surface area contributed by atoms with Gasteiger partial charge in [0, 0.05) is 26.6 Å². The third-order valence-corrected chi connectivity index (χ3v) is 5.05. The smallest absolute Gasteiger partial charge is 0.339 e. The van der Waals surface area contributed by atoms with Gasteiger partial charge in [0.2, 0.25) is 0 Å². The Labute approximate surface area is 183 Å². The predicted octanol–water partition coefficient (Wildman–Crippen LogP) is 6.25. The van der Waals surface area contributed by atoms with Crippen LogP contribution in [0, 0.1) is 0 Å². The SMILES string of the molecule is O=C(COC(=O)c1cc(-c2ccccc2)nc2ccc(Cl)cc12)c1ccc(Cl)cc1. The Kier molecular flexibility index (Phi) is 5.79. The highest BCUT2D eigenvalue weighted by atomic mass is 35.5. The number of halogens is 2. The molecule has 30 heavy (non-hydrogen) atoms. The van der Waals surface area contributed by atoms with Crippen LogP contribution in [0.1, 0.15) is 20.7 Å². The Morgan fingerprint density at radius 2 is 1.53 bits per heavy atom. The summed E-state index contributed by atoms with van der Waals surface area (Å²) in [6.07, 6.45) is 0. The van der Waals surface area contributed by atoms with Gasteiger partial charge in [-0.05, 0) is 48.5 Å². The van der Waals surface area contributed by atoms with E-state index in [9.17, 15) is 9.59 Å². The van der Waals surface area contributed by atoms with E-state index in [1.165, 1.54) is 0 Å². The maximum absolute atomic E-state index is 12.9. The molecule has 0 saturated carbocycles. The van der Waals surface area contributed by atoms with Crippen LogP contribution in [-0.2, 0) is 4.74 Å². The molecule has 6 heteroatoms. The highest BCUT2D eigenvalue weighted by Gasteiger charge is 2.17. The van der Waals surface area contributed by atoms with Crippen LogP contribution in [0.4, 0.5) is 0 Å². The molecule has 1 aromatic heterocycles. The van der Waals surface area contributed by atoms with Crippen molar-refractivity contribution in [1.29, 1.82) is 0 Å². The summed E-state index contributed by atoms with van der Waals surface area (Å²) in [6, 6.07) is 22.7. The van der Waals surface area contributed by atoms with E-state index in [2.05, 4.69) is 4.98 Å². The lowest BCUT2D eigenvalue weighted by Crippen LogP contribution is -2.15. The van der Waals surface area contributed by atoms with Crippen molar-refractivity contribution in [2.45, 2.75) is 0 Å². The molecule has 4 nitrogen and oxygen atoms in total. The van der Waals surface area contributed by atoms with E-state index in [0.29, 0.717) is 37.8 Å². The zero-order chi connectivity index (χ0) is 21.1. The van der Waals surface area contributed by atoms with E-state index in [0.717, 1.165) is 5.56 Å². The van der Waals surface area contributed by atoms with Gasteiger partial charge in [-0.2, -0.15) is 0 Å². The molecule has 0 atom stereocenters. The first-order chi connectivity index (χ1) is 14.5. The van der Waals surface area contributed by atoms with E-state index in [1.807, 2.05) is 30.3 Å². The lowest BCUT2D eigenvalue weighted by molar-refractivity contribution is 0.0476. The fourth-order valence-corrected chi connectivity index (χ4v) is 3.35. The van der Waals surface area contributed by atoms with Gasteiger partial charge < -0.3 is 4.74 Å². The number of Topliss-reactive ketones (excluding diaryl/α,β-unsaturated/α-hetero) is 1. The second-order valence-electron chi connectivity index (χ2n) is 6.59. The summed E-state index contributed by atoms with van der Waals surface area (Å²) >= 11 is 12.0. The number of ketones is 1. The van der Waals surface area contributed by atoms with Gasteiger partial charge in [-0.15, -0.1) is 0 Å². The van der Waals surface area contributed by atoms with Crippen molar-refractivity contribution in [3.05, 3.63) is 100 Å². The maximum Gasteiger partial charge on any atom is 0.339 e. The fraction of sp³-hybridized carbons (Fsp3) is 0.0417. The van der Waals surface area contributed by atoms with Crippen molar-refractivity contribution in [2.24, 2.45) is 0 Å². The summed E-state index contributed by atoms with van der Waals surface area (Å²) in [4.78, 5) is 29.9. The van der Waals surface area contributed by atoms with Crippen molar-refractivity contribution >= 4 is 45.9 Å². The predicted molar refractivity (Wildman–Crippen MR) is 118 cm³/mol. The van der Waals surface area contributed by atoms with Crippen LogP contribution in [0.2, 0.25) is 10.0 Å². The molecule has 0 radical (unpaired) electrons. The third kappa shape index (κ3) is 4.35. The number of carbonyl (C=O) groups is 2. The molecule has 0 unspecified atom stereocenters. The van der Waals surface area contributed by atoms with Crippen molar-refractivity contribution in [3.8, 4) is 11.3 Å². The zero-order valence-electron chi connectivity index (χ0n) is 15.6. The Morgan fingerprint density at radius 1 is 0.833 bits per heavy atom. The Morgan fingerprint density at radius 3 is 2.27 bits per heavy atom. The minimum Gasteiger partial charge on any atom is -0.454 e. The van der Waals surface area contributed by atoms with Crippen LogP contribution in [-0.4, -0.2) is 23.3 Å². The normalized spacial score (nSPS) is 10.7. The van der Waals surface area contributed by atoms with Crippen molar-refractivity contribution in [1.82, 2.24) is 4.98 Å². The Bertz CT molecular complexity index is 1240. The van der Waals surface area contributed by atoms with Crippen LogP contribution >= 0.6 is 23.2 Å². The number of aromatic nitrogens is 1. The molecule has 4 rings (SSSR count). The molecule has 0 bridgehead atoms. The van der Waals surface area contributed by atoms with Gasteiger partial charge in [0.1, 0.15) is 0 Å². The van der Waals surface area contributed by atoms with E-state index >= 15 is 0 Å². The molecule has 0 N–H and O–H groups in total. The second-order valence-corrected chi connectivity index (χ2v) is 7.46. The maximum atomic E-state index is 12.9. The lowest BCUT2D eigenvalue weighted by atomic mass is 10.0. The van der Waals surface area contributed by atoms with Gasteiger partial charge in [0.05, 0.1) is 16.8 Å². The van der Waals surface area contributed by atoms with Crippen LogP contribution in [0.5, 0.6) is 0 Å². The largest absolute Gasteiger partial charge is 0.454 e. The first-order valence-electron chi connectivity index (χ1n) is 9.13. The standard InChI is InChI=1S/C24H15Cl2NO3/c25-17-8-6-16(7-9-17)23(28)14-30-24(29)20-13-22(15-4-2-1-3-5-15)27-21-11-10-18(26)12-19(20)21/h1-13H,14H2. The number of hydrogen-bond donors (Lipinski definition) is 0. The quantitative estimate of drug-likeness (QED) is 0.274. The number of hydrogen-bond acceptors (Lipinski definition) is 4. The van der Waals surface area contributed by atoms with Gasteiger partial charge in [0.15, 0.2) is 12.4 Å². The van der Waals surface area contributed by atoms with Crippen molar-refractivity contribution in [3.63, 3.8) is 0 Å². The molecule has 1 heterocycles. The summed E-state index contributed by atoms with van der Waals surface area (Å²) in [5.41, 5.74) is 2.81. The molecular weight excluding hydrogens is 421 g/mol. The molecule has 148 valence electrons. The summed E-state index contributed by atoms with van der Waals surface area (Å²) < 4.78 is 5.32. The van der Waals surface area contributed by atoms with Crippen LogP contribution in [0.3, 0.4) is 0 Å². The summed E-state index contributed by atoms with van der Waals surface area (Å²) in [5.74, 6) is -0.941. The van der Waals surface area contributed by atoms with Crippen molar-refractivity contribution < 1.29 is 14.3 Å². The highest BCUT2D eigenvalue weighted by Crippen LogP contribution is 2.27. The zero-order valence-corrected chi connectivity index (χ0v) is 17.2. The fourth-order valence-electron chi connectivity index (χ4n) is 3.05. The van der Waals surface area contributed by atoms with E-state index in [4.69, 9.17) is 27.9 Å². The lowest BCUT2D eigenvalue weighted by Gasteiger charge is -2.10. The molecule has 0 aliphatic rings. The number of benzene rings is 3. The highest BCUT2D eigenvalue weighted by molar-refractivity contribution is 6.31. The number of carbonyl (C=O) groups excluding carboxylic acids is 2. The average Bonchev–Trinajstić information content (AvgIpc) is 2.77. The first kappa shape index (κ1) is 20.1. The van der Waals surface area contributed by atoms with Crippen molar-refractivity contribution in [2.75, 3.05) is 6.61 Å². The Balaban J connectivity index is 1.66. The molecule has 0 amide bonds. The molecule has 3 aromatic carbocycles. The van der Waals surface area contributed by atoms with Gasteiger partial charge in [-0.3, -0.25) is 4.79 Å². The second kappa shape index (κ2) is 8.66. The number of rotatable bonds is 5. The molecular formula is C24H15Cl2NO3. The van der Waals surface area contributed by atoms with E-state index in [1.54, 1.807) is 48.5 Å². The van der Waals surface area contributed by atoms with Crippen LogP contribution in [0.15, 0.2) is 78.9 Å². The molecule has 0 spiro atoms. The van der Waals surface area contributed by atoms with Crippen LogP contribution in [0.25, 0.3) is 22.2 Å². The average molecular weight is 436 g/mol. The summed E-state index contributed by atoms with van der Waals surface area (Å²) in [6.45, 7) is -0.383.